The third-order valence-corrected chi connectivity index (χ3v) is 3.99. The molecule has 0 spiro atoms. The van der Waals surface area contributed by atoms with Crippen molar-refractivity contribution in [2.75, 3.05) is 5.32 Å². The van der Waals surface area contributed by atoms with Crippen LogP contribution in [-0.4, -0.2) is 24.3 Å². The summed E-state index contributed by atoms with van der Waals surface area (Å²) in [5.41, 5.74) is -0.644. The average Bonchev–Trinajstić information content (AvgIpc) is 3.07. The van der Waals surface area contributed by atoms with Crippen LogP contribution >= 0.6 is 11.6 Å². The van der Waals surface area contributed by atoms with Gasteiger partial charge in [-0.05, 0) is 6.42 Å². The first-order chi connectivity index (χ1) is 11.8. The third kappa shape index (κ3) is 3.55. The molecule has 0 aliphatic rings. The van der Waals surface area contributed by atoms with Crippen LogP contribution in [-0.2, 0) is 19.8 Å². The van der Waals surface area contributed by atoms with Gasteiger partial charge in [-0.2, -0.15) is 23.3 Å². The maximum Gasteiger partial charge on any atom is 0.437 e. The summed E-state index contributed by atoms with van der Waals surface area (Å²) in [4.78, 5) is 8.28. The third-order valence-electron chi connectivity index (χ3n) is 3.68. The predicted octanol–water partition coefficient (Wildman–Crippen LogP) is 4.38. The van der Waals surface area contributed by atoms with E-state index in [1.165, 1.54) is 17.1 Å². The highest BCUT2D eigenvalue weighted by Gasteiger charge is 2.37. The van der Waals surface area contributed by atoms with Crippen molar-refractivity contribution in [3.63, 3.8) is 0 Å². The molecule has 3 heterocycles. The molecule has 25 heavy (non-hydrogen) atoms. The number of hydrogen-bond donors (Lipinski definition) is 1. The number of halogens is 4. The Labute approximate surface area is 146 Å². The fourth-order valence-corrected chi connectivity index (χ4v) is 2.73. The van der Waals surface area contributed by atoms with Gasteiger partial charge in [0.2, 0.25) is 5.95 Å². The molecule has 10 heteroatoms. The van der Waals surface area contributed by atoms with Crippen LogP contribution < -0.4 is 5.32 Å². The van der Waals surface area contributed by atoms with Crippen LogP contribution in [0, 0.1) is 0 Å². The number of fused-ring (bicyclic) bond motifs is 1. The first-order valence-electron chi connectivity index (χ1n) is 7.69. The van der Waals surface area contributed by atoms with Crippen LogP contribution in [0.1, 0.15) is 25.5 Å². The quantitative estimate of drug-likeness (QED) is 0.722. The van der Waals surface area contributed by atoms with E-state index in [1.807, 2.05) is 6.92 Å². The van der Waals surface area contributed by atoms with Gasteiger partial charge in [0.05, 0.1) is 16.1 Å². The highest BCUT2D eigenvalue weighted by Crippen LogP contribution is 2.35. The molecule has 6 nitrogen and oxygen atoms in total. The number of nitrogens with one attached hydrogen (secondary N) is 1. The van der Waals surface area contributed by atoms with Gasteiger partial charge in [0.15, 0.2) is 5.69 Å². The Morgan fingerprint density at radius 1 is 1.28 bits per heavy atom. The van der Waals surface area contributed by atoms with Gasteiger partial charge >= 0.3 is 6.18 Å². The van der Waals surface area contributed by atoms with Crippen LogP contribution in [0.25, 0.3) is 11.0 Å². The zero-order chi connectivity index (χ0) is 18.2. The minimum atomic E-state index is -4.57. The van der Waals surface area contributed by atoms with Crippen LogP contribution in [0.2, 0.25) is 5.02 Å². The molecular formula is C15H16ClF3N6. The Morgan fingerprint density at radius 2 is 2.04 bits per heavy atom. The summed E-state index contributed by atoms with van der Waals surface area (Å²) < 4.78 is 42.7. The van der Waals surface area contributed by atoms with Crippen molar-refractivity contribution >= 4 is 34.3 Å². The maximum absolute atomic E-state index is 13.2. The standard InChI is InChI=1S/C15H16ClF3N6/c1-3-4-5-25-8-11(12(23-25)15(17,18)19)21-14-20-6-9-10(16)7-24(2)13(9)22-14/h6-8H,3-5H2,1-2H3,(H,20,21,22). The van der Waals surface area contributed by atoms with E-state index >= 15 is 0 Å². The second kappa shape index (κ2) is 6.55. The molecule has 0 aliphatic heterocycles. The van der Waals surface area contributed by atoms with E-state index in [9.17, 15) is 13.2 Å². The molecule has 0 saturated heterocycles. The molecule has 0 atom stereocenters. The van der Waals surface area contributed by atoms with Crippen LogP contribution in [0.15, 0.2) is 18.6 Å². The summed E-state index contributed by atoms with van der Waals surface area (Å²) in [7, 11) is 1.74. The molecule has 3 aromatic heterocycles. The summed E-state index contributed by atoms with van der Waals surface area (Å²) in [5.74, 6) is 0.0471. The molecule has 0 amide bonds. The fourth-order valence-electron chi connectivity index (χ4n) is 2.45. The van der Waals surface area contributed by atoms with E-state index in [0.29, 0.717) is 22.6 Å². The number of anilines is 2. The summed E-state index contributed by atoms with van der Waals surface area (Å²) in [6.07, 6.45) is 1.49. The van der Waals surface area contributed by atoms with Crippen LogP contribution in [0.5, 0.6) is 0 Å². The Bertz CT molecular complexity index is 899. The van der Waals surface area contributed by atoms with Crippen LogP contribution in [0.3, 0.4) is 0 Å². The lowest BCUT2D eigenvalue weighted by Crippen LogP contribution is -2.10. The maximum atomic E-state index is 13.2. The number of nitrogens with zero attached hydrogens (tertiary/aromatic N) is 5. The fraction of sp³-hybridized carbons (Fsp3) is 0.400. The van der Waals surface area contributed by atoms with Crippen molar-refractivity contribution in [2.24, 2.45) is 7.05 Å². The SMILES string of the molecule is CCCCn1cc(Nc2ncc3c(Cl)cn(C)c3n2)c(C(F)(F)F)n1. The van der Waals surface area contributed by atoms with Gasteiger partial charge in [0.1, 0.15) is 5.65 Å². The summed E-state index contributed by atoms with van der Waals surface area (Å²) in [6.45, 7) is 2.37. The number of unbranched alkanes of at least 4 members (excludes halogenated alkanes) is 1. The summed E-state index contributed by atoms with van der Waals surface area (Å²) >= 11 is 6.04. The molecule has 3 aromatic rings. The molecule has 0 radical (unpaired) electrons. The number of alkyl halides is 3. The first kappa shape index (κ1) is 17.5. The van der Waals surface area contributed by atoms with Crippen molar-refractivity contribution in [1.82, 2.24) is 24.3 Å². The van der Waals surface area contributed by atoms with E-state index < -0.39 is 11.9 Å². The van der Waals surface area contributed by atoms with Gasteiger partial charge in [-0.15, -0.1) is 0 Å². The molecule has 0 unspecified atom stereocenters. The first-order valence-corrected chi connectivity index (χ1v) is 8.06. The van der Waals surface area contributed by atoms with Gasteiger partial charge in [-0.25, -0.2) is 4.98 Å². The molecule has 0 fully saturated rings. The van der Waals surface area contributed by atoms with Crippen molar-refractivity contribution < 1.29 is 13.2 Å². The van der Waals surface area contributed by atoms with Crippen molar-refractivity contribution in [3.8, 4) is 0 Å². The Morgan fingerprint density at radius 3 is 2.72 bits per heavy atom. The highest BCUT2D eigenvalue weighted by atomic mass is 35.5. The number of aromatic nitrogens is 5. The topological polar surface area (TPSA) is 60.6 Å². The lowest BCUT2D eigenvalue weighted by Gasteiger charge is -2.07. The van der Waals surface area contributed by atoms with Crippen molar-refractivity contribution in [2.45, 2.75) is 32.5 Å². The Hall–Kier alpha value is -2.29. The van der Waals surface area contributed by atoms with Crippen molar-refractivity contribution in [3.05, 3.63) is 29.3 Å². The predicted molar refractivity (Wildman–Crippen MR) is 88.9 cm³/mol. The van der Waals surface area contributed by atoms with E-state index in [4.69, 9.17) is 11.6 Å². The van der Waals surface area contributed by atoms with Gasteiger partial charge in [0.25, 0.3) is 0 Å². The molecule has 0 saturated carbocycles. The van der Waals surface area contributed by atoms with E-state index in [0.717, 1.165) is 12.8 Å². The van der Waals surface area contributed by atoms with Gasteiger partial charge in [-0.3, -0.25) is 4.68 Å². The normalized spacial score (nSPS) is 12.1. The van der Waals surface area contributed by atoms with E-state index in [1.54, 1.807) is 17.8 Å². The molecule has 0 bridgehead atoms. The molecule has 0 aromatic carbocycles. The second-order valence-electron chi connectivity index (χ2n) is 5.65. The number of hydrogen-bond acceptors (Lipinski definition) is 4. The minimum absolute atomic E-state index is 0.0471. The van der Waals surface area contributed by atoms with Gasteiger partial charge < -0.3 is 9.88 Å². The number of rotatable bonds is 5. The van der Waals surface area contributed by atoms with Gasteiger partial charge in [-0.1, -0.05) is 24.9 Å². The highest BCUT2D eigenvalue weighted by molar-refractivity contribution is 6.35. The van der Waals surface area contributed by atoms with Gasteiger partial charge in [0, 0.05) is 32.2 Å². The number of aryl methyl sites for hydroxylation is 2. The van der Waals surface area contributed by atoms with Crippen LogP contribution in [0.4, 0.5) is 24.8 Å². The minimum Gasteiger partial charge on any atom is -0.334 e. The zero-order valence-electron chi connectivity index (χ0n) is 13.6. The van der Waals surface area contributed by atoms with E-state index in [-0.39, 0.29) is 11.6 Å². The smallest absolute Gasteiger partial charge is 0.334 e. The molecule has 134 valence electrons. The lowest BCUT2D eigenvalue weighted by atomic mass is 10.3. The summed E-state index contributed by atoms with van der Waals surface area (Å²) in [6, 6.07) is 0. The summed E-state index contributed by atoms with van der Waals surface area (Å²) in [5, 5.41) is 7.38. The molecule has 3 rings (SSSR count). The molecule has 1 N–H and O–H groups in total. The lowest BCUT2D eigenvalue weighted by molar-refractivity contribution is -0.140. The Kier molecular flexibility index (Phi) is 4.59. The zero-order valence-corrected chi connectivity index (χ0v) is 14.4. The molecule has 0 aliphatic carbocycles. The largest absolute Gasteiger partial charge is 0.437 e. The Balaban J connectivity index is 1.96. The van der Waals surface area contributed by atoms with Crippen molar-refractivity contribution in [1.29, 1.82) is 0 Å². The van der Waals surface area contributed by atoms with E-state index in [2.05, 4.69) is 20.4 Å². The molecular weight excluding hydrogens is 357 g/mol. The second-order valence-corrected chi connectivity index (χ2v) is 6.06. The monoisotopic (exact) mass is 372 g/mol. The average molecular weight is 373 g/mol.